The zero-order valence-electron chi connectivity index (χ0n) is 14.4. The van der Waals surface area contributed by atoms with Crippen molar-refractivity contribution in [3.63, 3.8) is 0 Å². The van der Waals surface area contributed by atoms with Gasteiger partial charge in [-0.2, -0.15) is 0 Å². The van der Waals surface area contributed by atoms with E-state index in [-0.39, 0.29) is 6.04 Å². The minimum Gasteiger partial charge on any atom is -0.493 e. The Kier molecular flexibility index (Phi) is 4.95. The lowest BCUT2D eigenvalue weighted by atomic mass is 10.1. The Bertz CT molecular complexity index is 761. The maximum atomic E-state index is 5.87. The highest BCUT2D eigenvalue weighted by atomic mass is 16.7. The van der Waals surface area contributed by atoms with E-state index in [1.807, 2.05) is 36.4 Å². The summed E-state index contributed by atoms with van der Waals surface area (Å²) >= 11 is 0. The van der Waals surface area contributed by atoms with Crippen LogP contribution in [0.5, 0.6) is 17.4 Å². The van der Waals surface area contributed by atoms with Gasteiger partial charge < -0.3 is 24.8 Å². The van der Waals surface area contributed by atoms with Crippen LogP contribution in [0.1, 0.15) is 17.2 Å². The summed E-state index contributed by atoms with van der Waals surface area (Å²) in [5.41, 5.74) is 7.84. The molecule has 1 aliphatic heterocycles. The number of methoxy groups -OCH3 is 3. The Balaban J connectivity index is 1.81. The largest absolute Gasteiger partial charge is 0.493 e. The topological polar surface area (TPSA) is 79.1 Å². The summed E-state index contributed by atoms with van der Waals surface area (Å²) < 4.78 is 15.7. The van der Waals surface area contributed by atoms with Crippen molar-refractivity contribution in [3.8, 4) is 17.4 Å². The molecule has 3 rings (SSSR count). The van der Waals surface area contributed by atoms with E-state index in [0.29, 0.717) is 29.8 Å². The molecule has 132 valence electrons. The van der Waals surface area contributed by atoms with Crippen LogP contribution in [0, 0.1) is 0 Å². The Morgan fingerprint density at radius 2 is 1.88 bits per heavy atom. The molecule has 2 heterocycles. The smallest absolute Gasteiger partial charge is 0.212 e. The normalized spacial score (nSPS) is 16.9. The van der Waals surface area contributed by atoms with Crippen LogP contribution in [-0.2, 0) is 11.4 Å². The molecular formula is C18H21N3O4. The first-order valence-corrected chi connectivity index (χ1v) is 7.77. The number of rotatable bonds is 6. The first-order valence-electron chi connectivity index (χ1n) is 7.77. The van der Waals surface area contributed by atoms with Crippen molar-refractivity contribution in [2.75, 3.05) is 21.3 Å². The third-order valence-electron chi connectivity index (χ3n) is 3.95. The zero-order valence-corrected chi connectivity index (χ0v) is 14.4. The summed E-state index contributed by atoms with van der Waals surface area (Å²) in [6.45, 7) is 0.522. The summed E-state index contributed by atoms with van der Waals surface area (Å²) in [6.07, 6.45) is 3.60. The highest BCUT2D eigenvalue weighted by Crippen LogP contribution is 2.33. The number of ether oxygens (including phenoxy) is 3. The van der Waals surface area contributed by atoms with Crippen LogP contribution in [0.25, 0.3) is 0 Å². The minimum absolute atomic E-state index is 0.133. The van der Waals surface area contributed by atoms with Gasteiger partial charge in [0.25, 0.3) is 0 Å². The van der Waals surface area contributed by atoms with Crippen molar-refractivity contribution in [2.45, 2.75) is 12.6 Å². The molecule has 0 aliphatic carbocycles. The van der Waals surface area contributed by atoms with E-state index in [4.69, 9.17) is 24.8 Å². The van der Waals surface area contributed by atoms with Gasteiger partial charge in [0.05, 0.1) is 33.9 Å². The van der Waals surface area contributed by atoms with Gasteiger partial charge in [-0.25, -0.2) is 4.98 Å². The number of hydrogen-bond acceptors (Lipinski definition) is 7. The third-order valence-corrected chi connectivity index (χ3v) is 3.95. The molecule has 1 aliphatic rings. The second-order valence-electron chi connectivity index (χ2n) is 5.50. The molecule has 1 aromatic carbocycles. The van der Waals surface area contributed by atoms with Crippen LogP contribution in [0.15, 0.2) is 48.5 Å². The van der Waals surface area contributed by atoms with Gasteiger partial charge >= 0.3 is 0 Å². The van der Waals surface area contributed by atoms with E-state index in [2.05, 4.69) is 4.98 Å². The van der Waals surface area contributed by atoms with Gasteiger partial charge in [-0.3, -0.25) is 0 Å². The van der Waals surface area contributed by atoms with E-state index < -0.39 is 0 Å². The van der Waals surface area contributed by atoms with E-state index in [9.17, 15) is 0 Å². The molecule has 2 aromatic rings. The van der Waals surface area contributed by atoms with Crippen LogP contribution < -0.4 is 19.9 Å². The highest BCUT2D eigenvalue weighted by molar-refractivity contribution is 5.43. The maximum Gasteiger partial charge on any atom is 0.212 e. The summed E-state index contributed by atoms with van der Waals surface area (Å²) in [5, 5.41) is 1.79. The Hall–Kier alpha value is -2.93. The molecule has 2 N–H and O–H groups in total. The molecule has 0 amide bonds. The molecule has 0 saturated heterocycles. The maximum absolute atomic E-state index is 5.87. The quantitative estimate of drug-likeness (QED) is 0.863. The summed E-state index contributed by atoms with van der Waals surface area (Å²) in [7, 11) is 4.81. The second kappa shape index (κ2) is 7.31. The molecule has 25 heavy (non-hydrogen) atoms. The Morgan fingerprint density at radius 3 is 2.52 bits per heavy atom. The van der Waals surface area contributed by atoms with E-state index >= 15 is 0 Å². The van der Waals surface area contributed by atoms with Crippen LogP contribution in [0.4, 0.5) is 0 Å². The average molecular weight is 343 g/mol. The zero-order chi connectivity index (χ0) is 17.8. The number of nitrogens with two attached hydrogens (primary N) is 1. The predicted octanol–water partition coefficient (Wildman–Crippen LogP) is 2.40. The van der Waals surface area contributed by atoms with Crippen LogP contribution in [0.2, 0.25) is 0 Å². The van der Waals surface area contributed by atoms with Gasteiger partial charge in [-0.15, -0.1) is 5.06 Å². The van der Waals surface area contributed by atoms with Gasteiger partial charge in [-0.1, -0.05) is 12.1 Å². The Labute approximate surface area is 146 Å². The van der Waals surface area contributed by atoms with Gasteiger partial charge in [0, 0.05) is 18.3 Å². The van der Waals surface area contributed by atoms with Crippen molar-refractivity contribution in [3.05, 3.63) is 59.6 Å². The van der Waals surface area contributed by atoms with Crippen molar-refractivity contribution >= 4 is 0 Å². The molecule has 7 heteroatoms. The number of benzene rings is 1. The van der Waals surface area contributed by atoms with Gasteiger partial charge in [-0.05, 0) is 23.3 Å². The summed E-state index contributed by atoms with van der Waals surface area (Å²) in [4.78, 5) is 9.91. The third kappa shape index (κ3) is 3.61. The molecule has 1 aromatic heterocycles. The SMILES string of the molecule is COc1ccc(C2C=C(N)ON2Cc2ccc(OC)c(OC)c2)cn1. The summed E-state index contributed by atoms with van der Waals surface area (Å²) in [5.74, 6) is 2.28. The number of nitrogens with zero attached hydrogens (tertiary/aromatic N) is 2. The first kappa shape index (κ1) is 16.9. The second-order valence-corrected chi connectivity index (χ2v) is 5.50. The van der Waals surface area contributed by atoms with E-state index in [1.165, 1.54) is 0 Å². The predicted molar refractivity (Wildman–Crippen MR) is 92.0 cm³/mol. The van der Waals surface area contributed by atoms with E-state index in [1.54, 1.807) is 32.6 Å². The molecule has 0 radical (unpaired) electrons. The van der Waals surface area contributed by atoms with Crippen molar-refractivity contribution in [2.24, 2.45) is 5.73 Å². The number of hydroxylamine groups is 2. The fourth-order valence-corrected chi connectivity index (χ4v) is 2.70. The van der Waals surface area contributed by atoms with Crippen molar-refractivity contribution in [1.29, 1.82) is 0 Å². The monoisotopic (exact) mass is 343 g/mol. The Morgan fingerprint density at radius 1 is 1.08 bits per heavy atom. The lowest BCUT2D eigenvalue weighted by molar-refractivity contribution is -0.128. The molecule has 1 unspecified atom stereocenters. The molecule has 0 saturated carbocycles. The number of aromatic nitrogens is 1. The van der Waals surface area contributed by atoms with Crippen LogP contribution >= 0.6 is 0 Å². The number of pyridine rings is 1. The van der Waals surface area contributed by atoms with Crippen LogP contribution in [0.3, 0.4) is 0 Å². The lowest BCUT2D eigenvalue weighted by Crippen LogP contribution is -2.23. The summed E-state index contributed by atoms with van der Waals surface area (Å²) in [6, 6.07) is 9.36. The van der Waals surface area contributed by atoms with Gasteiger partial charge in [0.2, 0.25) is 11.8 Å². The lowest BCUT2D eigenvalue weighted by Gasteiger charge is -2.23. The standard InChI is InChI=1S/C18H21N3O4/c1-22-15-6-4-12(8-16(15)23-2)11-21-14(9-17(19)25-21)13-5-7-18(24-3)20-10-13/h4-10,14H,11,19H2,1-3H3. The minimum atomic E-state index is -0.133. The molecule has 1 atom stereocenters. The van der Waals surface area contributed by atoms with Gasteiger partial charge in [0.1, 0.15) is 0 Å². The molecular weight excluding hydrogens is 322 g/mol. The van der Waals surface area contributed by atoms with Crippen molar-refractivity contribution in [1.82, 2.24) is 10.0 Å². The average Bonchev–Trinajstić information content (AvgIpc) is 3.01. The number of hydrogen-bond donors (Lipinski definition) is 1. The fourth-order valence-electron chi connectivity index (χ4n) is 2.70. The molecule has 0 fully saturated rings. The van der Waals surface area contributed by atoms with Gasteiger partial charge in [0.15, 0.2) is 11.5 Å². The van der Waals surface area contributed by atoms with E-state index in [0.717, 1.165) is 11.1 Å². The molecule has 0 bridgehead atoms. The highest BCUT2D eigenvalue weighted by Gasteiger charge is 2.28. The molecule has 0 spiro atoms. The first-order chi connectivity index (χ1) is 12.1. The molecule has 7 nitrogen and oxygen atoms in total. The van der Waals surface area contributed by atoms with Crippen molar-refractivity contribution < 1.29 is 19.0 Å². The fraction of sp³-hybridized carbons (Fsp3) is 0.278. The van der Waals surface area contributed by atoms with Crippen LogP contribution in [-0.4, -0.2) is 31.4 Å².